The lowest BCUT2D eigenvalue weighted by molar-refractivity contribution is 0.352. The fourth-order valence-corrected chi connectivity index (χ4v) is 5.36. The average Bonchev–Trinajstić information content (AvgIpc) is 3.05. The molecule has 1 N–H and O–H groups in total. The molecule has 4 heterocycles. The molecule has 0 unspecified atom stereocenters. The topological polar surface area (TPSA) is 102 Å². The van der Waals surface area contributed by atoms with E-state index in [1.165, 1.54) is 11.0 Å². The number of aromatic nitrogens is 6. The standard InChI is InChI=1S/C21H29N7O2S/c1-12-8-13(2)11-27(10-12)20-24-17-16(18(29)25-21(30)26(17)5)28(20)6-7-31-19-22-14(3)9-15(4)23-19/h9,12-13H,6-8,10-11H2,1-5H3,(H,25,29,30)/t12-,13+. The van der Waals surface area contributed by atoms with Gasteiger partial charge in [0.25, 0.3) is 5.56 Å². The molecule has 0 aliphatic carbocycles. The molecule has 3 aromatic rings. The molecule has 1 fully saturated rings. The van der Waals surface area contributed by atoms with Gasteiger partial charge in [-0.25, -0.2) is 14.8 Å². The van der Waals surface area contributed by atoms with Crippen LogP contribution < -0.4 is 16.1 Å². The molecular formula is C21H29N7O2S. The maximum atomic E-state index is 12.7. The number of rotatable bonds is 5. The molecule has 3 aromatic heterocycles. The van der Waals surface area contributed by atoms with E-state index in [1.54, 1.807) is 18.8 Å². The van der Waals surface area contributed by atoms with E-state index < -0.39 is 11.2 Å². The molecule has 31 heavy (non-hydrogen) atoms. The van der Waals surface area contributed by atoms with E-state index in [4.69, 9.17) is 4.98 Å². The van der Waals surface area contributed by atoms with E-state index >= 15 is 0 Å². The highest BCUT2D eigenvalue weighted by Gasteiger charge is 2.27. The van der Waals surface area contributed by atoms with Gasteiger partial charge in [-0.05, 0) is 38.2 Å². The third kappa shape index (κ3) is 4.39. The van der Waals surface area contributed by atoms with Crippen molar-refractivity contribution in [2.75, 3.05) is 23.7 Å². The van der Waals surface area contributed by atoms with Gasteiger partial charge >= 0.3 is 5.69 Å². The molecule has 4 rings (SSSR count). The van der Waals surface area contributed by atoms with Crippen molar-refractivity contribution in [1.82, 2.24) is 29.1 Å². The average molecular weight is 444 g/mol. The van der Waals surface area contributed by atoms with E-state index in [1.807, 2.05) is 24.5 Å². The summed E-state index contributed by atoms with van der Waals surface area (Å²) in [6, 6.07) is 1.95. The Bertz CT molecular complexity index is 1200. The zero-order valence-electron chi connectivity index (χ0n) is 18.7. The largest absolute Gasteiger partial charge is 0.342 e. The number of thioether (sulfide) groups is 1. The first-order valence-corrected chi connectivity index (χ1v) is 11.6. The second-order valence-electron chi connectivity index (χ2n) is 8.69. The number of hydrogen-bond acceptors (Lipinski definition) is 7. The molecule has 1 aliphatic heterocycles. The highest BCUT2D eigenvalue weighted by molar-refractivity contribution is 7.99. The number of hydrogen-bond donors (Lipinski definition) is 1. The van der Waals surface area contributed by atoms with Crippen LogP contribution in [0.4, 0.5) is 5.95 Å². The van der Waals surface area contributed by atoms with Crippen LogP contribution in [0.25, 0.3) is 11.2 Å². The van der Waals surface area contributed by atoms with Gasteiger partial charge in [-0.2, -0.15) is 4.98 Å². The number of imidazole rings is 1. The molecule has 10 heteroatoms. The van der Waals surface area contributed by atoms with Crippen molar-refractivity contribution in [2.24, 2.45) is 18.9 Å². The van der Waals surface area contributed by atoms with Crippen molar-refractivity contribution in [1.29, 1.82) is 0 Å². The predicted octanol–water partition coefficient (Wildman–Crippen LogP) is 2.10. The summed E-state index contributed by atoms with van der Waals surface area (Å²) < 4.78 is 3.36. The first kappa shape index (κ1) is 21.6. The van der Waals surface area contributed by atoms with Crippen molar-refractivity contribution >= 4 is 28.9 Å². The van der Waals surface area contributed by atoms with Crippen molar-refractivity contribution in [3.8, 4) is 0 Å². The summed E-state index contributed by atoms with van der Waals surface area (Å²) in [6.45, 7) is 10.7. The predicted molar refractivity (Wildman–Crippen MR) is 123 cm³/mol. The van der Waals surface area contributed by atoms with E-state index in [0.717, 1.165) is 35.6 Å². The molecule has 0 saturated carbocycles. The third-order valence-electron chi connectivity index (χ3n) is 5.65. The number of aryl methyl sites for hydroxylation is 4. The molecule has 1 saturated heterocycles. The van der Waals surface area contributed by atoms with Crippen molar-refractivity contribution < 1.29 is 0 Å². The molecule has 166 valence electrons. The fraction of sp³-hybridized carbons (Fsp3) is 0.571. The lowest BCUT2D eigenvalue weighted by Crippen LogP contribution is -2.40. The minimum absolute atomic E-state index is 0.400. The SMILES string of the molecule is Cc1cc(C)nc(SCCn2c(N3C[C@H](C)C[C@H](C)C3)nc3c2c(=O)[nH]c(=O)n3C)n1. The second-order valence-corrected chi connectivity index (χ2v) is 9.75. The molecular weight excluding hydrogens is 414 g/mol. The molecule has 0 amide bonds. The first-order chi connectivity index (χ1) is 14.7. The van der Waals surface area contributed by atoms with E-state index in [2.05, 4.69) is 33.7 Å². The molecule has 9 nitrogen and oxygen atoms in total. The number of H-pyrrole nitrogens is 1. The summed E-state index contributed by atoms with van der Waals surface area (Å²) in [6.07, 6.45) is 1.18. The summed E-state index contributed by atoms with van der Waals surface area (Å²) in [5.74, 6) is 2.51. The van der Waals surface area contributed by atoms with Crippen molar-refractivity contribution in [3.05, 3.63) is 38.3 Å². The van der Waals surface area contributed by atoms with Crippen molar-refractivity contribution in [3.63, 3.8) is 0 Å². The van der Waals surface area contributed by atoms with Crippen LogP contribution in [0.1, 0.15) is 31.7 Å². The minimum Gasteiger partial charge on any atom is -0.342 e. The van der Waals surface area contributed by atoms with Crippen LogP contribution in [0.3, 0.4) is 0 Å². The quantitative estimate of drug-likeness (QED) is 0.476. The van der Waals surface area contributed by atoms with E-state index in [9.17, 15) is 9.59 Å². The summed E-state index contributed by atoms with van der Waals surface area (Å²) in [5.41, 5.74) is 1.87. The Morgan fingerprint density at radius 1 is 1.10 bits per heavy atom. The van der Waals surface area contributed by atoms with Crippen LogP contribution in [0.5, 0.6) is 0 Å². The minimum atomic E-state index is -0.452. The third-order valence-corrected chi connectivity index (χ3v) is 6.47. The zero-order valence-corrected chi connectivity index (χ0v) is 19.5. The Balaban J connectivity index is 1.72. The highest BCUT2D eigenvalue weighted by Crippen LogP contribution is 2.28. The Kier molecular flexibility index (Phi) is 5.92. The second kappa shape index (κ2) is 8.49. The van der Waals surface area contributed by atoms with Gasteiger partial charge in [0.15, 0.2) is 16.3 Å². The monoisotopic (exact) mass is 443 g/mol. The summed E-state index contributed by atoms with van der Waals surface area (Å²) in [4.78, 5) is 43.3. The molecule has 0 bridgehead atoms. The number of nitrogens with one attached hydrogen (secondary N) is 1. The number of nitrogens with zero attached hydrogens (tertiary/aromatic N) is 6. The first-order valence-electron chi connectivity index (χ1n) is 10.6. The Hall–Kier alpha value is -2.62. The van der Waals surface area contributed by atoms with Gasteiger partial charge in [-0.3, -0.25) is 14.3 Å². The van der Waals surface area contributed by atoms with Gasteiger partial charge in [-0.1, -0.05) is 25.6 Å². The van der Waals surface area contributed by atoms with Crippen molar-refractivity contribution in [2.45, 2.75) is 45.8 Å². The van der Waals surface area contributed by atoms with Gasteiger partial charge in [-0.15, -0.1) is 0 Å². The maximum Gasteiger partial charge on any atom is 0.329 e. The van der Waals surface area contributed by atoms with Crippen LogP contribution in [0, 0.1) is 25.7 Å². The number of anilines is 1. The molecule has 2 atom stereocenters. The smallest absolute Gasteiger partial charge is 0.329 e. The van der Waals surface area contributed by atoms with Gasteiger partial charge < -0.3 is 9.47 Å². The van der Waals surface area contributed by atoms with Gasteiger partial charge in [0.1, 0.15) is 0 Å². The number of fused-ring (bicyclic) bond motifs is 1. The number of piperidine rings is 1. The normalized spacial score (nSPS) is 19.3. The van der Waals surface area contributed by atoms with E-state index in [-0.39, 0.29) is 0 Å². The van der Waals surface area contributed by atoms with Crippen LogP contribution in [0.2, 0.25) is 0 Å². The van der Waals surface area contributed by atoms with Crippen LogP contribution in [-0.4, -0.2) is 47.9 Å². The summed E-state index contributed by atoms with van der Waals surface area (Å²) in [7, 11) is 1.64. The van der Waals surface area contributed by atoms with E-state index in [0.29, 0.717) is 35.3 Å². The lowest BCUT2D eigenvalue weighted by Gasteiger charge is -2.35. The molecule has 0 aromatic carbocycles. The summed E-state index contributed by atoms with van der Waals surface area (Å²) in [5, 5.41) is 0.727. The summed E-state index contributed by atoms with van der Waals surface area (Å²) >= 11 is 1.56. The Labute approximate surface area is 184 Å². The van der Waals surface area contributed by atoms with Crippen LogP contribution >= 0.6 is 11.8 Å². The van der Waals surface area contributed by atoms with Gasteiger partial charge in [0, 0.05) is 43.8 Å². The zero-order chi connectivity index (χ0) is 22.3. The Morgan fingerprint density at radius 3 is 2.39 bits per heavy atom. The molecule has 0 spiro atoms. The Morgan fingerprint density at radius 2 is 1.74 bits per heavy atom. The molecule has 1 aliphatic rings. The lowest BCUT2D eigenvalue weighted by atomic mass is 9.92. The number of aromatic amines is 1. The van der Waals surface area contributed by atoms with Crippen LogP contribution in [0.15, 0.2) is 20.8 Å². The van der Waals surface area contributed by atoms with Gasteiger partial charge in [0.05, 0.1) is 0 Å². The molecule has 0 radical (unpaired) electrons. The fourth-order valence-electron chi connectivity index (χ4n) is 4.49. The van der Waals surface area contributed by atoms with Crippen LogP contribution in [-0.2, 0) is 13.6 Å². The maximum absolute atomic E-state index is 12.7. The van der Waals surface area contributed by atoms with Gasteiger partial charge in [0.2, 0.25) is 5.95 Å². The highest BCUT2D eigenvalue weighted by atomic mass is 32.2.